The molecule has 6 heteroatoms. The zero-order valence-electron chi connectivity index (χ0n) is 12.5. The predicted molar refractivity (Wildman–Crippen MR) is 81.4 cm³/mol. The number of amides is 1. The summed E-state index contributed by atoms with van der Waals surface area (Å²) in [5.74, 6) is -0.277. The molecule has 1 amide bonds. The summed E-state index contributed by atoms with van der Waals surface area (Å²) in [5.41, 5.74) is 0.652. The molecule has 1 aliphatic carbocycles. The van der Waals surface area contributed by atoms with Crippen molar-refractivity contribution < 1.29 is 14.3 Å². The molecule has 2 N–H and O–H groups in total. The first-order chi connectivity index (χ1) is 10.5. The number of nitrogens with one attached hydrogen (secondary N) is 1. The van der Waals surface area contributed by atoms with Gasteiger partial charge in [0, 0.05) is 13.0 Å². The lowest BCUT2D eigenvalue weighted by molar-refractivity contribution is -0.124. The van der Waals surface area contributed by atoms with Crippen molar-refractivity contribution in [3.63, 3.8) is 0 Å². The van der Waals surface area contributed by atoms with Gasteiger partial charge in [0.05, 0.1) is 17.7 Å². The van der Waals surface area contributed by atoms with Gasteiger partial charge < -0.3 is 14.8 Å². The standard InChI is InChI=1S/C16H20N2O4/c1-16(10-19,11-6-7-11)17-14(20)8-9-18-12-4-2-3-5-13(12)22-15(18)21/h2-5,11,19H,6-10H2,1H3,(H,17,20). The minimum atomic E-state index is -0.555. The Bertz CT molecular complexity index is 744. The molecule has 118 valence electrons. The van der Waals surface area contributed by atoms with Crippen LogP contribution in [0, 0.1) is 5.92 Å². The number of hydrogen-bond donors (Lipinski definition) is 2. The summed E-state index contributed by atoms with van der Waals surface area (Å²) < 4.78 is 6.60. The molecular weight excluding hydrogens is 284 g/mol. The van der Waals surface area contributed by atoms with Gasteiger partial charge in [0.15, 0.2) is 5.58 Å². The summed E-state index contributed by atoms with van der Waals surface area (Å²) in [6, 6.07) is 7.14. The second-order valence-electron chi connectivity index (χ2n) is 6.14. The van der Waals surface area contributed by atoms with Crippen LogP contribution in [-0.2, 0) is 11.3 Å². The predicted octanol–water partition coefficient (Wildman–Crippen LogP) is 1.26. The zero-order valence-corrected chi connectivity index (χ0v) is 12.5. The lowest BCUT2D eigenvalue weighted by Gasteiger charge is -2.28. The van der Waals surface area contributed by atoms with E-state index in [1.807, 2.05) is 13.0 Å². The van der Waals surface area contributed by atoms with Gasteiger partial charge in [0.1, 0.15) is 0 Å². The highest BCUT2D eigenvalue weighted by molar-refractivity contribution is 5.77. The van der Waals surface area contributed by atoms with Gasteiger partial charge in [-0.05, 0) is 37.8 Å². The second kappa shape index (κ2) is 5.61. The highest BCUT2D eigenvalue weighted by Gasteiger charge is 2.42. The largest absolute Gasteiger partial charge is 0.419 e. The van der Waals surface area contributed by atoms with Crippen LogP contribution in [0.1, 0.15) is 26.2 Å². The Hall–Kier alpha value is -2.08. The Balaban J connectivity index is 1.67. The number of aliphatic hydroxyl groups is 1. The first kappa shape index (κ1) is 14.8. The van der Waals surface area contributed by atoms with Gasteiger partial charge in [-0.2, -0.15) is 0 Å². The van der Waals surface area contributed by atoms with Crippen molar-refractivity contribution in [2.45, 2.75) is 38.3 Å². The molecule has 3 rings (SSSR count). The lowest BCUT2D eigenvalue weighted by Crippen LogP contribution is -2.51. The topological polar surface area (TPSA) is 84.5 Å². The summed E-state index contributed by atoms with van der Waals surface area (Å²) >= 11 is 0. The number of carbonyl (C=O) groups excluding carboxylic acids is 1. The maximum atomic E-state index is 12.1. The second-order valence-corrected chi connectivity index (χ2v) is 6.14. The van der Waals surface area contributed by atoms with Crippen LogP contribution in [0.3, 0.4) is 0 Å². The van der Waals surface area contributed by atoms with E-state index >= 15 is 0 Å². The van der Waals surface area contributed by atoms with Crippen LogP contribution in [0.25, 0.3) is 11.1 Å². The average molecular weight is 304 g/mol. The molecule has 0 aliphatic heterocycles. The SMILES string of the molecule is CC(CO)(NC(=O)CCn1c(=O)oc2ccccc21)C1CC1. The molecular formula is C16H20N2O4. The quantitative estimate of drug-likeness (QED) is 0.841. The van der Waals surface area contributed by atoms with Gasteiger partial charge in [-0.15, -0.1) is 0 Å². The fourth-order valence-corrected chi connectivity index (χ4v) is 2.81. The van der Waals surface area contributed by atoms with Crippen molar-refractivity contribution in [3.8, 4) is 0 Å². The Kier molecular flexibility index (Phi) is 3.78. The van der Waals surface area contributed by atoms with E-state index in [0.29, 0.717) is 17.0 Å². The van der Waals surface area contributed by atoms with E-state index in [2.05, 4.69) is 5.32 Å². The molecule has 1 fully saturated rings. The number of fused-ring (bicyclic) bond motifs is 1. The number of oxazole rings is 1. The molecule has 0 saturated heterocycles. The highest BCUT2D eigenvalue weighted by atomic mass is 16.4. The van der Waals surface area contributed by atoms with Crippen molar-refractivity contribution in [2.24, 2.45) is 5.92 Å². The van der Waals surface area contributed by atoms with Crippen LogP contribution in [0.15, 0.2) is 33.5 Å². The highest BCUT2D eigenvalue weighted by Crippen LogP contribution is 2.39. The number of aromatic nitrogens is 1. The molecule has 0 spiro atoms. The summed E-state index contributed by atoms with van der Waals surface area (Å²) in [6.07, 6.45) is 2.23. The van der Waals surface area contributed by atoms with Crippen LogP contribution < -0.4 is 11.1 Å². The van der Waals surface area contributed by atoms with Crippen molar-refractivity contribution in [1.29, 1.82) is 0 Å². The first-order valence-electron chi connectivity index (χ1n) is 7.54. The number of para-hydroxylation sites is 2. The van der Waals surface area contributed by atoms with E-state index in [1.165, 1.54) is 4.57 Å². The maximum absolute atomic E-state index is 12.1. The summed E-state index contributed by atoms with van der Waals surface area (Å²) in [7, 11) is 0. The van der Waals surface area contributed by atoms with E-state index in [-0.39, 0.29) is 25.5 Å². The molecule has 0 radical (unpaired) electrons. The number of benzene rings is 1. The van der Waals surface area contributed by atoms with Crippen LogP contribution in [-0.4, -0.2) is 27.7 Å². The third-order valence-corrected chi connectivity index (χ3v) is 4.37. The fourth-order valence-electron chi connectivity index (χ4n) is 2.81. The van der Waals surface area contributed by atoms with Crippen LogP contribution in [0.2, 0.25) is 0 Å². The summed E-state index contributed by atoms with van der Waals surface area (Å²) in [4.78, 5) is 24.0. The summed E-state index contributed by atoms with van der Waals surface area (Å²) in [5, 5.41) is 12.4. The van der Waals surface area contributed by atoms with Crippen molar-refractivity contribution in [3.05, 3.63) is 34.8 Å². The molecule has 2 aromatic rings. The molecule has 1 aromatic carbocycles. The number of aliphatic hydroxyl groups excluding tert-OH is 1. The van der Waals surface area contributed by atoms with Gasteiger partial charge in [-0.1, -0.05) is 12.1 Å². The zero-order chi connectivity index (χ0) is 15.7. The van der Waals surface area contributed by atoms with Gasteiger partial charge in [0.2, 0.25) is 5.91 Å². The Morgan fingerprint density at radius 3 is 2.86 bits per heavy atom. The molecule has 1 saturated carbocycles. The monoisotopic (exact) mass is 304 g/mol. The van der Waals surface area contributed by atoms with Crippen LogP contribution in [0.5, 0.6) is 0 Å². The van der Waals surface area contributed by atoms with E-state index in [9.17, 15) is 14.7 Å². The first-order valence-corrected chi connectivity index (χ1v) is 7.54. The fraction of sp³-hybridized carbons (Fsp3) is 0.500. The van der Waals surface area contributed by atoms with Crippen molar-refractivity contribution >= 4 is 17.0 Å². The van der Waals surface area contributed by atoms with E-state index < -0.39 is 11.3 Å². The van der Waals surface area contributed by atoms with E-state index in [1.54, 1.807) is 18.2 Å². The third-order valence-electron chi connectivity index (χ3n) is 4.37. The smallest absolute Gasteiger partial charge is 0.408 e. The number of carbonyl (C=O) groups is 1. The molecule has 1 heterocycles. The molecule has 6 nitrogen and oxygen atoms in total. The van der Waals surface area contributed by atoms with Gasteiger partial charge in [-0.25, -0.2) is 4.79 Å². The molecule has 22 heavy (non-hydrogen) atoms. The molecule has 1 aliphatic rings. The van der Waals surface area contributed by atoms with E-state index in [0.717, 1.165) is 12.8 Å². The number of hydrogen-bond acceptors (Lipinski definition) is 4. The molecule has 0 bridgehead atoms. The van der Waals surface area contributed by atoms with E-state index in [4.69, 9.17) is 4.42 Å². The average Bonchev–Trinajstić information content (AvgIpc) is 3.30. The number of nitrogens with zero attached hydrogens (tertiary/aromatic N) is 1. The Morgan fingerprint density at radius 1 is 1.45 bits per heavy atom. The number of rotatable bonds is 6. The number of aryl methyl sites for hydroxylation is 1. The Morgan fingerprint density at radius 2 is 2.18 bits per heavy atom. The lowest BCUT2D eigenvalue weighted by atomic mass is 9.97. The molecule has 1 atom stereocenters. The van der Waals surface area contributed by atoms with Crippen molar-refractivity contribution in [2.75, 3.05) is 6.61 Å². The van der Waals surface area contributed by atoms with Crippen LogP contribution in [0.4, 0.5) is 0 Å². The van der Waals surface area contributed by atoms with Gasteiger partial charge >= 0.3 is 5.76 Å². The third kappa shape index (κ3) is 2.78. The van der Waals surface area contributed by atoms with Gasteiger partial charge in [-0.3, -0.25) is 9.36 Å². The minimum Gasteiger partial charge on any atom is -0.408 e. The maximum Gasteiger partial charge on any atom is 0.419 e. The summed E-state index contributed by atoms with van der Waals surface area (Å²) in [6.45, 7) is 2.05. The molecule has 1 aromatic heterocycles. The normalized spacial score (nSPS) is 17.4. The molecule has 1 unspecified atom stereocenters. The minimum absolute atomic E-state index is 0.0714. The van der Waals surface area contributed by atoms with Crippen LogP contribution >= 0.6 is 0 Å². The van der Waals surface area contributed by atoms with Crippen molar-refractivity contribution in [1.82, 2.24) is 9.88 Å². The van der Waals surface area contributed by atoms with Gasteiger partial charge in [0.25, 0.3) is 0 Å². The Labute approximate surface area is 127 Å².